The fourth-order valence-corrected chi connectivity index (χ4v) is 5.86. The fourth-order valence-electron chi connectivity index (χ4n) is 4.79. The van der Waals surface area contributed by atoms with Gasteiger partial charge in [0.25, 0.3) is 10.0 Å². The highest BCUT2D eigenvalue weighted by atomic mass is 32.2. The van der Waals surface area contributed by atoms with Crippen molar-refractivity contribution in [3.05, 3.63) is 90.0 Å². The number of fused-ring (bicyclic) bond motifs is 1. The Kier molecular flexibility index (Phi) is 9.27. The molecule has 39 heavy (non-hydrogen) atoms. The molecule has 3 aromatic carbocycles. The minimum Gasteiger partial charge on any atom is -0.488 e. The van der Waals surface area contributed by atoms with Crippen LogP contribution in [0.3, 0.4) is 0 Å². The van der Waals surface area contributed by atoms with Crippen LogP contribution in [0.2, 0.25) is 0 Å². The molecule has 0 fully saturated rings. The normalized spacial score (nSPS) is 18.9. The van der Waals surface area contributed by atoms with Crippen LogP contribution in [0.25, 0.3) is 0 Å². The second kappa shape index (κ2) is 12.6. The third-order valence-electron chi connectivity index (χ3n) is 7.01. The highest BCUT2D eigenvalue weighted by molar-refractivity contribution is 7.92. The van der Waals surface area contributed by atoms with Gasteiger partial charge in [0.2, 0.25) is 5.91 Å². The van der Waals surface area contributed by atoms with Gasteiger partial charge in [0.1, 0.15) is 11.9 Å². The first-order chi connectivity index (χ1) is 18.7. The molecule has 208 valence electrons. The second-order valence-electron chi connectivity index (χ2n) is 10.3. The Morgan fingerprint density at radius 2 is 1.74 bits per heavy atom. The van der Waals surface area contributed by atoms with E-state index in [4.69, 9.17) is 4.74 Å². The summed E-state index contributed by atoms with van der Waals surface area (Å²) in [4.78, 5) is 17.5. The maximum Gasteiger partial charge on any atom is 0.261 e. The molecule has 8 nitrogen and oxygen atoms in total. The number of rotatable bonds is 9. The summed E-state index contributed by atoms with van der Waals surface area (Å²) in [5.41, 5.74) is 2.13. The molecule has 9 heteroatoms. The lowest BCUT2D eigenvalue weighted by atomic mass is 10.0. The maximum absolute atomic E-state index is 13.4. The Labute approximate surface area is 231 Å². The van der Waals surface area contributed by atoms with Crippen molar-refractivity contribution in [1.29, 1.82) is 0 Å². The average molecular weight is 552 g/mol. The van der Waals surface area contributed by atoms with Crippen LogP contribution in [0, 0.1) is 5.92 Å². The van der Waals surface area contributed by atoms with Crippen molar-refractivity contribution >= 4 is 21.6 Å². The Bertz CT molecular complexity index is 1350. The summed E-state index contributed by atoms with van der Waals surface area (Å²) in [6.07, 6.45) is -0.219. The molecule has 1 aliphatic heterocycles. The molecule has 2 N–H and O–H groups in total. The number of amides is 1. The van der Waals surface area contributed by atoms with Crippen LogP contribution in [-0.4, -0.2) is 68.1 Å². The van der Waals surface area contributed by atoms with E-state index in [9.17, 15) is 18.3 Å². The molecule has 0 saturated carbocycles. The molecule has 1 aliphatic rings. The number of sulfonamides is 1. The van der Waals surface area contributed by atoms with Gasteiger partial charge in [-0.3, -0.25) is 14.4 Å². The fraction of sp³-hybridized carbons (Fsp3) is 0.367. The summed E-state index contributed by atoms with van der Waals surface area (Å²) in [5, 5.41) is 9.86. The van der Waals surface area contributed by atoms with Crippen LogP contribution in [-0.2, 0) is 27.8 Å². The number of carbonyl (C=O) groups excluding carboxylic acids is 1. The van der Waals surface area contributed by atoms with Gasteiger partial charge in [-0.15, -0.1) is 0 Å². The van der Waals surface area contributed by atoms with Gasteiger partial charge in [0.05, 0.1) is 24.0 Å². The highest BCUT2D eigenvalue weighted by Crippen LogP contribution is 2.30. The van der Waals surface area contributed by atoms with E-state index >= 15 is 0 Å². The molecule has 0 aromatic heterocycles. The smallest absolute Gasteiger partial charge is 0.261 e. The number of ether oxygens (including phenoxy) is 1. The van der Waals surface area contributed by atoms with Gasteiger partial charge in [-0.2, -0.15) is 0 Å². The molecule has 0 aliphatic carbocycles. The molecule has 1 heterocycles. The van der Waals surface area contributed by atoms with Gasteiger partial charge in [-0.1, -0.05) is 55.5 Å². The van der Waals surface area contributed by atoms with Gasteiger partial charge in [-0.25, -0.2) is 8.42 Å². The first-order valence-electron chi connectivity index (χ1n) is 13.2. The lowest BCUT2D eigenvalue weighted by Crippen LogP contribution is -2.47. The van der Waals surface area contributed by atoms with Crippen LogP contribution in [0.1, 0.15) is 25.0 Å². The molecule has 3 aromatic rings. The third-order valence-corrected chi connectivity index (χ3v) is 8.41. The largest absolute Gasteiger partial charge is 0.488 e. The van der Waals surface area contributed by atoms with E-state index in [0.29, 0.717) is 30.1 Å². The first-order valence-corrected chi connectivity index (χ1v) is 14.6. The third kappa shape index (κ3) is 7.38. The summed E-state index contributed by atoms with van der Waals surface area (Å²) in [5.74, 6) is 0.382. The number of nitrogens with one attached hydrogen (secondary N) is 1. The molecule has 3 atom stereocenters. The SMILES string of the molecule is C[C@H](CO)N1C[C@H](C)[C@@H](CN(C)Cc2ccccc2)Oc2ccc(NS(=O)(=O)c3ccccc3)cc2CC1=O. The van der Waals surface area contributed by atoms with E-state index in [-0.39, 0.29) is 41.9 Å². The van der Waals surface area contributed by atoms with Crippen molar-refractivity contribution in [2.75, 3.05) is 31.5 Å². The van der Waals surface area contributed by atoms with Crippen LogP contribution in [0.15, 0.2) is 83.8 Å². The second-order valence-corrected chi connectivity index (χ2v) is 12.0. The van der Waals surface area contributed by atoms with Crippen LogP contribution in [0.5, 0.6) is 5.75 Å². The van der Waals surface area contributed by atoms with Gasteiger partial charge >= 0.3 is 0 Å². The summed E-state index contributed by atoms with van der Waals surface area (Å²) < 4.78 is 35.0. The molecule has 4 rings (SSSR count). The Hall–Kier alpha value is -3.40. The van der Waals surface area contributed by atoms with Crippen molar-refractivity contribution < 1.29 is 23.1 Å². The number of nitrogens with zero attached hydrogens (tertiary/aromatic N) is 2. The minimum absolute atomic E-state index is 0.0246. The summed E-state index contributed by atoms with van der Waals surface area (Å²) >= 11 is 0. The molecule has 0 spiro atoms. The number of aliphatic hydroxyl groups excluding tert-OH is 1. The molecule has 1 amide bonds. The van der Waals surface area contributed by atoms with Gasteiger partial charge in [0, 0.05) is 36.8 Å². The average Bonchev–Trinajstić information content (AvgIpc) is 2.96. The number of hydrogen-bond donors (Lipinski definition) is 2. The molecule has 0 unspecified atom stereocenters. The molecule has 0 radical (unpaired) electrons. The monoisotopic (exact) mass is 551 g/mol. The van der Waals surface area contributed by atoms with Gasteiger partial charge in [0.15, 0.2) is 0 Å². The zero-order valence-electron chi connectivity index (χ0n) is 22.7. The van der Waals surface area contributed by atoms with Gasteiger partial charge < -0.3 is 14.7 Å². The topological polar surface area (TPSA) is 99.2 Å². The summed E-state index contributed by atoms with van der Waals surface area (Å²) in [6.45, 7) is 5.53. The van der Waals surface area contributed by atoms with Crippen molar-refractivity contribution in [3.8, 4) is 5.75 Å². The zero-order chi connectivity index (χ0) is 28.0. The molecule has 0 saturated heterocycles. The minimum atomic E-state index is -3.80. The number of aliphatic hydroxyl groups is 1. The number of benzene rings is 3. The molecular formula is C30H37N3O5S. The Morgan fingerprint density at radius 1 is 1.08 bits per heavy atom. The lowest BCUT2D eigenvalue weighted by molar-refractivity contribution is -0.134. The van der Waals surface area contributed by atoms with Crippen LogP contribution < -0.4 is 9.46 Å². The number of hydrogen-bond acceptors (Lipinski definition) is 6. The Balaban J connectivity index is 1.63. The van der Waals surface area contributed by atoms with Crippen molar-refractivity contribution in [3.63, 3.8) is 0 Å². The van der Waals surface area contributed by atoms with E-state index in [1.165, 1.54) is 17.7 Å². The number of likely N-dealkylation sites (N-methyl/N-ethyl adjacent to an activating group) is 1. The quantitative estimate of drug-likeness (QED) is 0.420. The number of carbonyl (C=O) groups is 1. The van der Waals surface area contributed by atoms with Crippen molar-refractivity contribution in [1.82, 2.24) is 9.80 Å². The van der Waals surface area contributed by atoms with Gasteiger partial charge in [-0.05, 0) is 49.9 Å². The standard InChI is InChI=1S/C30H37N3O5S/c1-22-18-33(23(2)21-34)30(35)17-25-16-26(31-39(36,37)27-12-8-5-9-13-27)14-15-28(25)38-29(22)20-32(3)19-24-10-6-4-7-11-24/h4-16,22-23,29,31,34H,17-21H2,1-3H3/t22-,23+,29+/m0/s1. The summed E-state index contributed by atoms with van der Waals surface area (Å²) in [6, 6.07) is 23.0. The van der Waals surface area contributed by atoms with E-state index < -0.39 is 10.0 Å². The van der Waals surface area contributed by atoms with E-state index in [0.717, 1.165) is 6.54 Å². The van der Waals surface area contributed by atoms with E-state index in [2.05, 4.69) is 28.7 Å². The highest BCUT2D eigenvalue weighted by Gasteiger charge is 2.31. The van der Waals surface area contributed by atoms with E-state index in [1.54, 1.807) is 41.3 Å². The predicted octanol–water partition coefficient (Wildman–Crippen LogP) is 3.77. The first kappa shape index (κ1) is 28.6. The van der Waals surface area contributed by atoms with Crippen molar-refractivity contribution in [2.24, 2.45) is 5.92 Å². The van der Waals surface area contributed by atoms with Crippen molar-refractivity contribution in [2.45, 2.75) is 43.9 Å². The lowest BCUT2D eigenvalue weighted by Gasteiger charge is -2.34. The molecular weight excluding hydrogens is 514 g/mol. The zero-order valence-corrected chi connectivity index (χ0v) is 23.5. The molecule has 0 bridgehead atoms. The van der Waals surface area contributed by atoms with E-state index in [1.807, 2.05) is 32.2 Å². The summed E-state index contributed by atoms with van der Waals surface area (Å²) in [7, 11) is -1.76. The number of anilines is 1. The Morgan fingerprint density at radius 3 is 2.41 bits per heavy atom. The van der Waals surface area contributed by atoms with Crippen LogP contribution >= 0.6 is 0 Å². The van der Waals surface area contributed by atoms with Crippen LogP contribution in [0.4, 0.5) is 5.69 Å². The predicted molar refractivity (Wildman–Crippen MR) is 152 cm³/mol. The maximum atomic E-state index is 13.4.